The van der Waals surface area contributed by atoms with Gasteiger partial charge in [0.2, 0.25) is 0 Å². The molecular formula is C16H12F2. The van der Waals surface area contributed by atoms with Gasteiger partial charge in [0, 0.05) is 10.8 Å². The summed E-state index contributed by atoms with van der Waals surface area (Å²) in [6, 6.07) is 10.5. The lowest BCUT2D eigenvalue weighted by Gasteiger charge is -2.08. The van der Waals surface area contributed by atoms with Crippen molar-refractivity contribution >= 4 is 21.5 Å². The van der Waals surface area contributed by atoms with Crippen LogP contribution in [-0.2, 0) is 0 Å². The Morgan fingerprint density at radius 3 is 1.28 bits per heavy atom. The molecule has 0 unspecified atom stereocenters. The fourth-order valence-electron chi connectivity index (χ4n) is 2.37. The van der Waals surface area contributed by atoms with Crippen LogP contribution < -0.4 is 0 Å². The molecule has 0 aliphatic rings. The van der Waals surface area contributed by atoms with Crippen LogP contribution in [0.15, 0.2) is 36.4 Å². The van der Waals surface area contributed by atoms with E-state index in [0.29, 0.717) is 21.9 Å². The van der Waals surface area contributed by atoms with Crippen LogP contribution in [0.2, 0.25) is 0 Å². The Morgan fingerprint density at radius 1 is 0.556 bits per heavy atom. The molecule has 0 nitrogen and oxygen atoms in total. The van der Waals surface area contributed by atoms with E-state index in [2.05, 4.69) is 0 Å². The van der Waals surface area contributed by atoms with Crippen molar-refractivity contribution in [3.63, 3.8) is 0 Å². The molecule has 0 bridgehead atoms. The topological polar surface area (TPSA) is 0 Å². The van der Waals surface area contributed by atoms with Crippen molar-refractivity contribution in [3.05, 3.63) is 59.2 Å². The molecule has 0 saturated heterocycles. The van der Waals surface area contributed by atoms with Crippen LogP contribution >= 0.6 is 0 Å². The zero-order chi connectivity index (χ0) is 12.9. The number of aryl methyl sites for hydroxylation is 2. The summed E-state index contributed by atoms with van der Waals surface area (Å²) in [5.41, 5.74) is 1.21. The summed E-state index contributed by atoms with van der Waals surface area (Å²) in [5, 5.41) is 2.61. The van der Waals surface area contributed by atoms with Crippen LogP contribution in [0, 0.1) is 25.5 Å². The quantitative estimate of drug-likeness (QED) is 0.492. The summed E-state index contributed by atoms with van der Waals surface area (Å²) in [6.07, 6.45) is 0. The zero-order valence-electron chi connectivity index (χ0n) is 10.2. The average molecular weight is 242 g/mol. The first-order chi connectivity index (χ1) is 8.59. The molecule has 2 heteroatoms. The smallest absolute Gasteiger partial charge is 0.133 e. The maximum absolute atomic E-state index is 14.0. The zero-order valence-corrected chi connectivity index (χ0v) is 10.2. The van der Waals surface area contributed by atoms with E-state index in [4.69, 9.17) is 0 Å². The van der Waals surface area contributed by atoms with Crippen LogP contribution in [0.5, 0.6) is 0 Å². The van der Waals surface area contributed by atoms with Crippen LogP contribution in [0.25, 0.3) is 21.5 Å². The maximum atomic E-state index is 14.0. The maximum Gasteiger partial charge on any atom is 0.133 e. The number of hydrogen-bond acceptors (Lipinski definition) is 0. The minimum atomic E-state index is -0.226. The Hall–Kier alpha value is -1.96. The molecule has 18 heavy (non-hydrogen) atoms. The first-order valence-electron chi connectivity index (χ1n) is 5.86. The summed E-state index contributed by atoms with van der Waals surface area (Å²) < 4.78 is 28.0. The van der Waals surface area contributed by atoms with Crippen LogP contribution in [0.1, 0.15) is 11.1 Å². The van der Waals surface area contributed by atoms with Crippen molar-refractivity contribution in [1.82, 2.24) is 0 Å². The Bertz CT molecular complexity index is 706. The third kappa shape index (κ3) is 1.42. The summed E-state index contributed by atoms with van der Waals surface area (Å²) in [6.45, 7) is 3.46. The molecule has 3 rings (SSSR count). The van der Waals surface area contributed by atoms with Gasteiger partial charge in [0.05, 0.1) is 0 Å². The van der Waals surface area contributed by atoms with Gasteiger partial charge in [0.25, 0.3) is 0 Å². The number of rotatable bonds is 0. The van der Waals surface area contributed by atoms with Crippen molar-refractivity contribution < 1.29 is 8.78 Å². The van der Waals surface area contributed by atoms with Crippen LogP contribution in [-0.4, -0.2) is 0 Å². The Balaban J connectivity index is 2.56. The fourth-order valence-corrected chi connectivity index (χ4v) is 2.37. The average Bonchev–Trinajstić information content (AvgIpc) is 2.38. The van der Waals surface area contributed by atoms with Crippen molar-refractivity contribution in [2.45, 2.75) is 13.8 Å². The molecule has 0 heterocycles. The highest BCUT2D eigenvalue weighted by Crippen LogP contribution is 2.30. The third-order valence-electron chi connectivity index (χ3n) is 3.45. The minimum Gasteiger partial charge on any atom is -0.206 e. The first-order valence-corrected chi connectivity index (χ1v) is 5.86. The van der Waals surface area contributed by atoms with Gasteiger partial charge in [0.1, 0.15) is 11.6 Å². The molecule has 0 saturated carbocycles. The predicted octanol–water partition coefficient (Wildman–Crippen LogP) is 4.89. The summed E-state index contributed by atoms with van der Waals surface area (Å²) in [7, 11) is 0. The van der Waals surface area contributed by atoms with Crippen molar-refractivity contribution in [2.75, 3.05) is 0 Å². The molecule has 3 aromatic carbocycles. The number of halogens is 2. The molecule has 0 radical (unpaired) electrons. The third-order valence-corrected chi connectivity index (χ3v) is 3.45. The van der Waals surface area contributed by atoms with E-state index < -0.39 is 0 Å². The molecule has 0 amide bonds. The lowest BCUT2D eigenvalue weighted by molar-refractivity contribution is 0.629. The molecule has 0 aliphatic heterocycles. The molecular weight excluding hydrogens is 230 g/mol. The Kier molecular flexibility index (Phi) is 2.34. The predicted molar refractivity (Wildman–Crippen MR) is 70.8 cm³/mol. The van der Waals surface area contributed by atoms with Gasteiger partial charge in [0.15, 0.2) is 0 Å². The second-order valence-electron chi connectivity index (χ2n) is 4.65. The van der Waals surface area contributed by atoms with Gasteiger partial charge in [-0.1, -0.05) is 36.4 Å². The second-order valence-corrected chi connectivity index (χ2v) is 4.65. The molecule has 90 valence electrons. The van der Waals surface area contributed by atoms with Crippen LogP contribution in [0.4, 0.5) is 8.78 Å². The van der Waals surface area contributed by atoms with E-state index in [0.717, 1.165) is 10.8 Å². The van der Waals surface area contributed by atoms with Crippen molar-refractivity contribution in [3.8, 4) is 0 Å². The SMILES string of the molecule is Cc1ccc2c(ccc3c(F)c(C)ccc32)c1F. The summed E-state index contributed by atoms with van der Waals surface area (Å²) in [5.74, 6) is -0.453. The lowest BCUT2D eigenvalue weighted by Crippen LogP contribution is -1.89. The summed E-state index contributed by atoms with van der Waals surface area (Å²) >= 11 is 0. The molecule has 0 aromatic heterocycles. The standard InChI is InChI=1S/C16H12F2/c1-9-3-5-11-12-6-4-10(2)16(18)14(12)8-7-13(11)15(9)17/h3-8H,1-2H3. The molecule has 3 aromatic rings. The number of benzene rings is 3. The molecule has 0 spiro atoms. The monoisotopic (exact) mass is 242 g/mol. The molecule has 0 fully saturated rings. The van der Waals surface area contributed by atoms with Gasteiger partial charge in [-0.15, -0.1) is 0 Å². The Morgan fingerprint density at radius 2 is 0.889 bits per heavy atom. The van der Waals surface area contributed by atoms with E-state index in [9.17, 15) is 8.78 Å². The lowest BCUT2D eigenvalue weighted by atomic mass is 9.98. The highest BCUT2D eigenvalue weighted by molar-refractivity contribution is 6.08. The number of hydrogen-bond donors (Lipinski definition) is 0. The fraction of sp³-hybridized carbons (Fsp3) is 0.125. The number of fused-ring (bicyclic) bond motifs is 3. The summed E-state index contributed by atoms with van der Waals surface area (Å²) in [4.78, 5) is 0. The molecule has 0 atom stereocenters. The van der Waals surface area contributed by atoms with Gasteiger partial charge < -0.3 is 0 Å². The largest absolute Gasteiger partial charge is 0.206 e. The van der Waals surface area contributed by atoms with Crippen molar-refractivity contribution in [2.24, 2.45) is 0 Å². The van der Waals surface area contributed by atoms with Gasteiger partial charge in [-0.25, -0.2) is 8.78 Å². The highest BCUT2D eigenvalue weighted by atomic mass is 19.1. The van der Waals surface area contributed by atoms with Gasteiger partial charge in [-0.2, -0.15) is 0 Å². The van der Waals surface area contributed by atoms with E-state index in [1.807, 2.05) is 12.1 Å². The second kappa shape index (κ2) is 3.77. The van der Waals surface area contributed by atoms with Gasteiger partial charge in [-0.3, -0.25) is 0 Å². The van der Waals surface area contributed by atoms with Gasteiger partial charge in [-0.05, 0) is 35.7 Å². The van der Waals surface area contributed by atoms with Crippen molar-refractivity contribution in [1.29, 1.82) is 0 Å². The van der Waals surface area contributed by atoms with Crippen LogP contribution in [0.3, 0.4) is 0 Å². The van der Waals surface area contributed by atoms with E-state index in [1.165, 1.54) is 0 Å². The van der Waals surface area contributed by atoms with Gasteiger partial charge >= 0.3 is 0 Å². The minimum absolute atomic E-state index is 0.226. The molecule has 0 N–H and O–H groups in total. The van der Waals surface area contributed by atoms with E-state index >= 15 is 0 Å². The normalized spacial score (nSPS) is 11.3. The molecule has 0 aliphatic carbocycles. The highest BCUT2D eigenvalue weighted by Gasteiger charge is 2.10. The first kappa shape index (κ1) is 11.1. The Labute approximate surface area is 104 Å². The van der Waals surface area contributed by atoms with E-state index in [1.54, 1.807) is 38.1 Å². The van der Waals surface area contributed by atoms with E-state index in [-0.39, 0.29) is 11.6 Å².